The second-order valence-corrected chi connectivity index (χ2v) is 10.9. The molecular formula is C25H32Cl2F2N6O. The van der Waals surface area contributed by atoms with Crippen LogP contribution in [0, 0.1) is 0 Å². The first-order valence-corrected chi connectivity index (χ1v) is 13.4. The third-order valence-corrected chi connectivity index (χ3v) is 8.14. The molecule has 5 rings (SSSR count). The van der Waals surface area contributed by atoms with Gasteiger partial charge in [-0.1, -0.05) is 29.3 Å². The predicted octanol–water partition coefficient (Wildman–Crippen LogP) is 4.10. The highest BCUT2D eigenvalue weighted by Gasteiger charge is 2.54. The lowest BCUT2D eigenvalue weighted by Crippen LogP contribution is -2.59. The molecule has 0 atom stereocenters. The number of fused-ring (bicyclic) bond motifs is 1. The van der Waals surface area contributed by atoms with Crippen molar-refractivity contribution in [1.82, 2.24) is 20.2 Å². The molecule has 1 aromatic heterocycles. The number of anilines is 2. The van der Waals surface area contributed by atoms with Crippen LogP contribution in [-0.2, 0) is 19.5 Å². The maximum Gasteiger partial charge on any atom is 0.288 e. The molecule has 3 N–H and O–H groups in total. The molecule has 3 aliphatic rings. The van der Waals surface area contributed by atoms with Crippen LogP contribution < -0.4 is 15.5 Å². The van der Waals surface area contributed by atoms with E-state index < -0.39 is 11.5 Å². The number of rotatable bonds is 7. The summed E-state index contributed by atoms with van der Waals surface area (Å²) in [6.45, 7) is 3.42. The van der Waals surface area contributed by atoms with E-state index in [0.29, 0.717) is 48.0 Å². The minimum atomic E-state index is -3.16. The van der Waals surface area contributed by atoms with Crippen molar-refractivity contribution in [2.75, 3.05) is 49.5 Å². The van der Waals surface area contributed by atoms with Gasteiger partial charge in [0.05, 0.1) is 12.2 Å². The predicted molar refractivity (Wildman–Crippen MR) is 138 cm³/mol. The minimum Gasteiger partial charge on any atom is -0.383 e. The van der Waals surface area contributed by atoms with E-state index in [-0.39, 0.29) is 32.5 Å². The van der Waals surface area contributed by atoms with Crippen LogP contribution in [0.3, 0.4) is 0 Å². The molecule has 36 heavy (non-hydrogen) atoms. The van der Waals surface area contributed by atoms with Crippen molar-refractivity contribution < 1.29 is 13.9 Å². The highest BCUT2D eigenvalue weighted by Crippen LogP contribution is 2.39. The molecule has 2 fully saturated rings. The largest absolute Gasteiger partial charge is 0.383 e. The second kappa shape index (κ2) is 10.5. The van der Waals surface area contributed by atoms with Gasteiger partial charge in [0, 0.05) is 54.8 Å². The summed E-state index contributed by atoms with van der Waals surface area (Å²) in [4.78, 5) is 13.2. The van der Waals surface area contributed by atoms with E-state index >= 15 is 8.78 Å². The van der Waals surface area contributed by atoms with Gasteiger partial charge in [-0.15, -0.1) is 0 Å². The summed E-state index contributed by atoms with van der Waals surface area (Å²) in [6.07, 6.45) is 2.58. The second-order valence-electron chi connectivity index (χ2n) is 10.0. The molecular weight excluding hydrogens is 509 g/mol. The van der Waals surface area contributed by atoms with Crippen LogP contribution in [-0.4, -0.2) is 70.8 Å². The smallest absolute Gasteiger partial charge is 0.288 e. The van der Waals surface area contributed by atoms with Crippen LogP contribution >= 0.6 is 23.2 Å². The van der Waals surface area contributed by atoms with Crippen molar-refractivity contribution in [2.24, 2.45) is 0 Å². The Kier molecular flexibility index (Phi) is 7.56. The van der Waals surface area contributed by atoms with Gasteiger partial charge in [0.1, 0.15) is 11.4 Å². The number of nitrogens with one attached hydrogen (secondary N) is 2. The van der Waals surface area contributed by atoms with Crippen LogP contribution in [0.5, 0.6) is 0 Å². The fraction of sp³-hybridized carbons (Fsp3) is 0.600. The van der Waals surface area contributed by atoms with Gasteiger partial charge in [0.15, 0.2) is 0 Å². The molecule has 2 aromatic rings. The monoisotopic (exact) mass is 540 g/mol. The summed E-state index contributed by atoms with van der Waals surface area (Å²) in [6, 6.07) is 5.37. The Labute approximate surface area is 220 Å². The third kappa shape index (κ3) is 5.41. The fourth-order valence-corrected chi connectivity index (χ4v) is 5.75. The Bertz CT molecular complexity index is 1090. The van der Waals surface area contributed by atoms with Gasteiger partial charge in [-0.2, -0.15) is 4.98 Å². The number of aromatic nitrogens is 2. The quantitative estimate of drug-likeness (QED) is 0.488. The number of hydrogen-bond acceptors (Lipinski definition) is 7. The lowest BCUT2D eigenvalue weighted by atomic mass is 9.85. The average Bonchev–Trinajstić information content (AvgIpc) is 3.36. The van der Waals surface area contributed by atoms with Crippen molar-refractivity contribution in [3.05, 3.63) is 45.1 Å². The number of nitrogens with zero attached hydrogens (tertiary/aromatic N) is 4. The van der Waals surface area contributed by atoms with Gasteiger partial charge in [0.2, 0.25) is 5.95 Å². The summed E-state index contributed by atoms with van der Waals surface area (Å²) in [5.41, 5.74) is 0.822. The van der Waals surface area contributed by atoms with Crippen molar-refractivity contribution in [2.45, 2.75) is 56.7 Å². The Morgan fingerprint density at radius 1 is 1.11 bits per heavy atom. The average molecular weight is 541 g/mol. The molecule has 0 amide bonds. The summed E-state index contributed by atoms with van der Waals surface area (Å²) in [7, 11) is 0. The van der Waals surface area contributed by atoms with E-state index in [9.17, 15) is 5.11 Å². The van der Waals surface area contributed by atoms with Crippen LogP contribution in [0.4, 0.5) is 20.5 Å². The molecule has 1 aromatic carbocycles. The molecule has 0 saturated carbocycles. The number of likely N-dealkylation sites (tertiary alicyclic amines) is 1. The number of piperidine rings is 1. The topological polar surface area (TPSA) is 76.6 Å². The molecule has 3 aliphatic heterocycles. The van der Waals surface area contributed by atoms with Gasteiger partial charge in [-0.25, -0.2) is 13.8 Å². The molecule has 0 spiro atoms. The van der Waals surface area contributed by atoms with E-state index in [2.05, 4.69) is 10.6 Å². The summed E-state index contributed by atoms with van der Waals surface area (Å²) < 4.78 is 30.2. The molecule has 7 nitrogen and oxygen atoms in total. The van der Waals surface area contributed by atoms with Crippen LogP contribution in [0.25, 0.3) is 0 Å². The minimum absolute atomic E-state index is 0.0288. The van der Waals surface area contributed by atoms with Gasteiger partial charge < -0.3 is 20.6 Å². The van der Waals surface area contributed by atoms with Crippen molar-refractivity contribution in [3.63, 3.8) is 0 Å². The third-order valence-electron chi connectivity index (χ3n) is 7.56. The molecule has 4 heterocycles. The summed E-state index contributed by atoms with van der Waals surface area (Å²) in [5, 5.41) is 18.8. The zero-order valence-corrected chi connectivity index (χ0v) is 21.7. The number of hydrogen-bond donors (Lipinski definition) is 3. The first kappa shape index (κ1) is 25.9. The SMILES string of the molecule is OC1(C(F)(F)CN2CCCC2)CCN(c2nc3c(c(NCc4ccc(Cl)cc4Cl)n2)CNCC3)CC1. The molecule has 0 unspecified atom stereocenters. The summed E-state index contributed by atoms with van der Waals surface area (Å²) in [5.74, 6) is -1.95. The van der Waals surface area contributed by atoms with Crippen molar-refractivity contribution in [3.8, 4) is 0 Å². The zero-order chi connectivity index (χ0) is 25.3. The van der Waals surface area contributed by atoms with Gasteiger partial charge in [-0.05, 0) is 56.5 Å². The van der Waals surface area contributed by atoms with E-state index in [1.54, 1.807) is 17.0 Å². The van der Waals surface area contributed by atoms with Gasteiger partial charge >= 0.3 is 0 Å². The van der Waals surface area contributed by atoms with E-state index in [1.165, 1.54) is 0 Å². The highest BCUT2D eigenvalue weighted by molar-refractivity contribution is 6.35. The van der Waals surface area contributed by atoms with Gasteiger partial charge in [0.25, 0.3) is 5.92 Å². The lowest BCUT2D eigenvalue weighted by Gasteiger charge is -2.43. The Balaban J connectivity index is 1.31. The van der Waals surface area contributed by atoms with Crippen molar-refractivity contribution in [1.29, 1.82) is 0 Å². The standard InChI is InChI=1S/C25H32Cl2F2N6O/c26-18-4-3-17(20(27)13-18)14-31-22-19-15-30-8-5-21(19)32-23(33-22)35-11-6-24(36,7-12-35)25(28,29)16-34-9-1-2-10-34/h3-4,13,30,36H,1-2,5-12,14-16H2,(H,31,32,33). The number of halogens is 4. The normalized spacial score (nSPS) is 20.4. The van der Waals surface area contributed by atoms with E-state index in [4.69, 9.17) is 33.2 Å². The Hall–Kier alpha value is -1.78. The summed E-state index contributed by atoms with van der Waals surface area (Å²) >= 11 is 12.4. The fourth-order valence-electron chi connectivity index (χ4n) is 5.27. The molecule has 0 radical (unpaired) electrons. The van der Waals surface area contributed by atoms with E-state index in [0.717, 1.165) is 42.6 Å². The lowest BCUT2D eigenvalue weighted by molar-refractivity contribution is -0.198. The first-order chi connectivity index (χ1) is 17.2. The number of alkyl halides is 2. The molecule has 0 bridgehead atoms. The highest BCUT2D eigenvalue weighted by atomic mass is 35.5. The van der Waals surface area contributed by atoms with Gasteiger partial charge in [-0.3, -0.25) is 4.90 Å². The first-order valence-electron chi connectivity index (χ1n) is 12.6. The van der Waals surface area contributed by atoms with Crippen LogP contribution in [0.2, 0.25) is 10.0 Å². The van der Waals surface area contributed by atoms with Crippen molar-refractivity contribution >= 4 is 35.0 Å². The van der Waals surface area contributed by atoms with E-state index in [1.807, 2.05) is 11.0 Å². The number of aliphatic hydroxyl groups is 1. The van der Waals surface area contributed by atoms with Crippen LogP contribution in [0.1, 0.15) is 42.5 Å². The Morgan fingerprint density at radius 3 is 2.58 bits per heavy atom. The molecule has 0 aliphatic carbocycles. The maximum absolute atomic E-state index is 15.1. The molecule has 2 saturated heterocycles. The van der Waals surface area contributed by atoms with Crippen LogP contribution in [0.15, 0.2) is 18.2 Å². The molecule has 11 heteroatoms. The Morgan fingerprint density at radius 2 is 1.86 bits per heavy atom. The molecule has 196 valence electrons. The zero-order valence-electron chi connectivity index (χ0n) is 20.2. The maximum atomic E-state index is 15.1. The number of benzene rings is 1.